The van der Waals surface area contributed by atoms with E-state index in [0.717, 1.165) is 12.6 Å². The first-order chi connectivity index (χ1) is 10.6. The number of β-amino-alcohol motifs (C(OH)–C–C–N with tert-alkyl or cyclic N) is 1. The number of piperidine rings is 1. The first-order valence-electron chi connectivity index (χ1n) is 9.09. The highest BCUT2D eigenvalue weighted by Gasteiger charge is 2.36. The molecule has 5 nitrogen and oxygen atoms in total. The summed E-state index contributed by atoms with van der Waals surface area (Å²) in [6.07, 6.45) is 9.53. The Morgan fingerprint density at radius 1 is 1.09 bits per heavy atom. The molecule has 2 atom stereocenters. The number of carbonyl (C=O) groups is 1. The third-order valence-electron chi connectivity index (χ3n) is 5.94. The van der Waals surface area contributed by atoms with Crippen molar-refractivity contribution >= 4 is 5.91 Å². The molecule has 0 aromatic carbocycles. The van der Waals surface area contributed by atoms with Crippen LogP contribution in [0, 0.1) is 5.92 Å². The molecule has 0 aromatic heterocycles. The number of rotatable bonds is 4. The van der Waals surface area contributed by atoms with Crippen molar-refractivity contribution in [2.24, 2.45) is 11.7 Å². The van der Waals surface area contributed by atoms with Crippen LogP contribution >= 0.6 is 0 Å². The average molecular weight is 309 g/mol. The third-order valence-corrected chi connectivity index (χ3v) is 5.94. The number of hydrogen-bond acceptors (Lipinski definition) is 4. The van der Waals surface area contributed by atoms with Gasteiger partial charge in [0.2, 0.25) is 5.91 Å². The summed E-state index contributed by atoms with van der Waals surface area (Å²) in [6, 6.07) is 0.563. The van der Waals surface area contributed by atoms with E-state index in [1.165, 1.54) is 58.0 Å². The Bertz CT molecular complexity index is 376. The van der Waals surface area contributed by atoms with E-state index in [0.29, 0.717) is 18.9 Å². The summed E-state index contributed by atoms with van der Waals surface area (Å²) in [5.74, 6) is 0.364. The van der Waals surface area contributed by atoms with Gasteiger partial charge in [-0.1, -0.05) is 19.3 Å². The molecule has 2 aliphatic heterocycles. The van der Waals surface area contributed by atoms with Gasteiger partial charge in [0.1, 0.15) is 0 Å². The standard InChI is InChI=1S/C17H31N3O2/c18-17(22)16-10-15(21)12-20(16)11-13-6-8-19(9-7-13)14-4-2-1-3-5-14/h13-16,21H,1-12H2,(H2,18,22)/t15-,16-/m1/s1. The quantitative estimate of drug-likeness (QED) is 0.811. The third kappa shape index (κ3) is 3.81. The number of likely N-dealkylation sites (tertiary alicyclic amines) is 2. The number of hydrogen-bond donors (Lipinski definition) is 2. The molecule has 0 aromatic rings. The molecule has 3 N–H and O–H groups in total. The van der Waals surface area contributed by atoms with Crippen LogP contribution in [0.5, 0.6) is 0 Å². The van der Waals surface area contributed by atoms with Crippen LogP contribution in [0.4, 0.5) is 0 Å². The average Bonchev–Trinajstić information content (AvgIpc) is 2.90. The lowest BCUT2D eigenvalue weighted by atomic mass is 9.90. The van der Waals surface area contributed by atoms with Crippen LogP contribution in [0.25, 0.3) is 0 Å². The molecular weight excluding hydrogens is 278 g/mol. The highest BCUT2D eigenvalue weighted by molar-refractivity contribution is 5.80. The number of aliphatic hydroxyl groups excluding tert-OH is 1. The lowest BCUT2D eigenvalue weighted by molar-refractivity contribution is -0.122. The SMILES string of the molecule is NC(=O)[C@H]1C[C@@H](O)CN1CC1CCN(C2CCCCC2)CC1. The first kappa shape index (κ1) is 16.2. The number of nitrogens with two attached hydrogens (primary N) is 1. The van der Waals surface area contributed by atoms with E-state index in [9.17, 15) is 9.90 Å². The fraction of sp³-hybridized carbons (Fsp3) is 0.941. The molecule has 0 unspecified atom stereocenters. The van der Waals surface area contributed by atoms with Crippen LogP contribution in [0.15, 0.2) is 0 Å². The molecule has 126 valence electrons. The fourth-order valence-corrected chi connectivity index (χ4v) is 4.66. The van der Waals surface area contributed by atoms with E-state index in [4.69, 9.17) is 5.73 Å². The van der Waals surface area contributed by atoms with Gasteiger partial charge in [-0.2, -0.15) is 0 Å². The zero-order valence-electron chi connectivity index (χ0n) is 13.6. The van der Waals surface area contributed by atoms with Gasteiger partial charge in [-0.15, -0.1) is 0 Å². The van der Waals surface area contributed by atoms with E-state index in [2.05, 4.69) is 9.80 Å². The van der Waals surface area contributed by atoms with Crippen molar-refractivity contribution in [3.63, 3.8) is 0 Å². The predicted molar refractivity (Wildman–Crippen MR) is 86.3 cm³/mol. The minimum atomic E-state index is -0.389. The molecule has 3 aliphatic rings. The summed E-state index contributed by atoms with van der Waals surface area (Å²) in [5, 5.41) is 9.80. The van der Waals surface area contributed by atoms with Gasteiger partial charge in [0.25, 0.3) is 0 Å². The predicted octanol–water partition coefficient (Wildman–Crippen LogP) is 0.952. The largest absolute Gasteiger partial charge is 0.392 e. The zero-order chi connectivity index (χ0) is 15.5. The second kappa shape index (κ2) is 7.28. The van der Waals surface area contributed by atoms with Crippen LogP contribution in [0.1, 0.15) is 51.4 Å². The van der Waals surface area contributed by atoms with Gasteiger partial charge in [0.15, 0.2) is 0 Å². The lowest BCUT2D eigenvalue weighted by Crippen LogP contribution is -2.47. The van der Waals surface area contributed by atoms with Gasteiger partial charge in [0.05, 0.1) is 12.1 Å². The Morgan fingerprint density at radius 3 is 2.41 bits per heavy atom. The van der Waals surface area contributed by atoms with Crippen molar-refractivity contribution in [2.75, 3.05) is 26.2 Å². The summed E-state index contributed by atoms with van der Waals surface area (Å²) in [6.45, 7) is 3.93. The molecular formula is C17H31N3O2. The zero-order valence-corrected chi connectivity index (χ0v) is 13.6. The summed E-state index contributed by atoms with van der Waals surface area (Å²) in [7, 11) is 0. The molecule has 2 heterocycles. The molecule has 3 fully saturated rings. The smallest absolute Gasteiger partial charge is 0.234 e. The topological polar surface area (TPSA) is 69.8 Å². The second-order valence-corrected chi connectivity index (χ2v) is 7.53. The van der Waals surface area contributed by atoms with Crippen LogP contribution in [0.2, 0.25) is 0 Å². The van der Waals surface area contributed by atoms with Crippen molar-refractivity contribution in [3.05, 3.63) is 0 Å². The van der Waals surface area contributed by atoms with Crippen LogP contribution in [0.3, 0.4) is 0 Å². The van der Waals surface area contributed by atoms with Gasteiger partial charge in [-0.05, 0) is 51.1 Å². The Balaban J connectivity index is 1.46. The normalized spacial score (nSPS) is 33.3. The highest BCUT2D eigenvalue weighted by Crippen LogP contribution is 2.28. The van der Waals surface area contributed by atoms with E-state index in [-0.39, 0.29) is 18.1 Å². The minimum Gasteiger partial charge on any atom is -0.392 e. The maximum absolute atomic E-state index is 11.5. The number of nitrogens with zero attached hydrogens (tertiary/aromatic N) is 2. The summed E-state index contributed by atoms with van der Waals surface area (Å²) < 4.78 is 0. The minimum absolute atomic E-state index is 0.258. The summed E-state index contributed by atoms with van der Waals surface area (Å²) >= 11 is 0. The molecule has 0 radical (unpaired) electrons. The van der Waals surface area contributed by atoms with Crippen molar-refractivity contribution in [1.29, 1.82) is 0 Å². The van der Waals surface area contributed by atoms with E-state index >= 15 is 0 Å². The number of aliphatic hydroxyl groups is 1. The van der Waals surface area contributed by atoms with Crippen molar-refractivity contribution < 1.29 is 9.90 Å². The van der Waals surface area contributed by atoms with Gasteiger partial charge >= 0.3 is 0 Å². The highest BCUT2D eigenvalue weighted by atomic mass is 16.3. The molecule has 1 saturated carbocycles. The van der Waals surface area contributed by atoms with Gasteiger partial charge < -0.3 is 15.7 Å². The maximum atomic E-state index is 11.5. The Hall–Kier alpha value is -0.650. The molecule has 0 spiro atoms. The molecule has 5 heteroatoms. The second-order valence-electron chi connectivity index (χ2n) is 7.53. The van der Waals surface area contributed by atoms with Gasteiger partial charge in [0, 0.05) is 19.1 Å². The van der Waals surface area contributed by atoms with E-state index in [1.807, 2.05) is 0 Å². The molecule has 1 amide bonds. The van der Waals surface area contributed by atoms with Gasteiger partial charge in [-0.3, -0.25) is 9.69 Å². The molecule has 22 heavy (non-hydrogen) atoms. The Kier molecular flexibility index (Phi) is 5.37. The lowest BCUT2D eigenvalue weighted by Gasteiger charge is -2.40. The van der Waals surface area contributed by atoms with Gasteiger partial charge in [-0.25, -0.2) is 0 Å². The van der Waals surface area contributed by atoms with Crippen LogP contribution in [-0.4, -0.2) is 65.2 Å². The monoisotopic (exact) mass is 309 g/mol. The number of amides is 1. The van der Waals surface area contributed by atoms with E-state index in [1.54, 1.807) is 0 Å². The summed E-state index contributed by atoms with van der Waals surface area (Å²) in [5.41, 5.74) is 5.48. The number of carbonyl (C=O) groups excluding carboxylic acids is 1. The Labute approximate surface area is 133 Å². The molecule has 3 rings (SSSR count). The molecule has 1 aliphatic carbocycles. The maximum Gasteiger partial charge on any atom is 0.234 e. The summed E-state index contributed by atoms with van der Waals surface area (Å²) in [4.78, 5) is 16.3. The van der Waals surface area contributed by atoms with Crippen LogP contribution < -0.4 is 5.73 Å². The first-order valence-corrected chi connectivity index (χ1v) is 9.09. The van der Waals surface area contributed by atoms with Crippen molar-refractivity contribution in [3.8, 4) is 0 Å². The molecule has 2 saturated heterocycles. The number of primary amides is 1. The molecule has 0 bridgehead atoms. The van der Waals surface area contributed by atoms with E-state index < -0.39 is 0 Å². The van der Waals surface area contributed by atoms with Crippen molar-refractivity contribution in [1.82, 2.24) is 9.80 Å². The van der Waals surface area contributed by atoms with Crippen LogP contribution in [-0.2, 0) is 4.79 Å². The Morgan fingerprint density at radius 2 is 1.77 bits per heavy atom. The fourth-order valence-electron chi connectivity index (χ4n) is 4.66. The van der Waals surface area contributed by atoms with Crippen molar-refractivity contribution in [2.45, 2.75) is 69.6 Å².